The van der Waals surface area contributed by atoms with Gasteiger partial charge in [-0.1, -0.05) is 57.2 Å². The maximum Gasteiger partial charge on any atom is 0.303 e. The van der Waals surface area contributed by atoms with Crippen molar-refractivity contribution in [2.45, 2.75) is 105 Å². The monoisotopic (exact) mass is 472 g/mol. The van der Waals surface area contributed by atoms with Crippen LogP contribution >= 0.6 is 0 Å². The second-order valence-electron chi connectivity index (χ2n) is 13.0. The molecule has 3 aliphatic rings. The maximum atomic E-state index is 11.7. The Morgan fingerprint density at radius 3 is 2.29 bits per heavy atom. The zero-order valence-corrected chi connectivity index (χ0v) is 22.4. The molecule has 3 fully saturated rings. The summed E-state index contributed by atoms with van der Waals surface area (Å²) >= 11 is 0. The predicted octanol–water partition coefficient (Wildman–Crippen LogP) is 6.54. The summed E-state index contributed by atoms with van der Waals surface area (Å²) in [6.45, 7) is 21.2. The lowest BCUT2D eigenvalue weighted by atomic mass is 9.37. The number of fused-ring (bicyclic) bond motifs is 3. The van der Waals surface area contributed by atoms with Gasteiger partial charge in [0, 0.05) is 6.42 Å². The summed E-state index contributed by atoms with van der Waals surface area (Å²) in [4.78, 5) is 11.6. The Hall–Kier alpha value is -1.39. The van der Waals surface area contributed by atoms with Gasteiger partial charge in [-0.3, -0.25) is 4.79 Å². The molecule has 0 bridgehead atoms. The van der Waals surface area contributed by atoms with Crippen LogP contribution in [0.1, 0.15) is 92.9 Å². The average Bonchev–Trinajstić information content (AvgIpc) is 3.09. The number of hydrogen-bond acceptors (Lipinski definition) is 3. The van der Waals surface area contributed by atoms with Crippen LogP contribution in [0.4, 0.5) is 0 Å². The zero-order chi connectivity index (χ0) is 25.7. The topological polar surface area (TPSA) is 77.8 Å². The lowest BCUT2D eigenvalue weighted by Crippen LogP contribution is -2.63. The highest BCUT2D eigenvalue weighted by Crippen LogP contribution is 2.74. The molecule has 0 heterocycles. The normalized spacial score (nSPS) is 43.7. The molecule has 4 nitrogen and oxygen atoms in total. The molecule has 3 aliphatic carbocycles. The minimum atomic E-state index is -0.889. The fourth-order valence-electron chi connectivity index (χ4n) is 9.01. The molecule has 3 saturated carbocycles. The minimum Gasteiger partial charge on any atom is -0.481 e. The molecule has 9 atom stereocenters. The van der Waals surface area contributed by atoms with Gasteiger partial charge in [0.25, 0.3) is 0 Å². The zero-order valence-electron chi connectivity index (χ0n) is 22.4. The number of allylic oxidation sites excluding steroid dienone is 3. The first-order valence-electron chi connectivity index (χ1n) is 13.2. The number of aliphatic carboxylic acids is 1. The number of aliphatic hydroxyl groups excluding tert-OH is 1. The van der Waals surface area contributed by atoms with Crippen LogP contribution in [0.2, 0.25) is 0 Å². The third-order valence-electron chi connectivity index (χ3n) is 10.9. The fourth-order valence-corrected chi connectivity index (χ4v) is 9.01. The summed E-state index contributed by atoms with van der Waals surface area (Å²) in [7, 11) is 0. The van der Waals surface area contributed by atoms with Crippen molar-refractivity contribution in [3.63, 3.8) is 0 Å². The van der Waals surface area contributed by atoms with Gasteiger partial charge >= 0.3 is 5.97 Å². The highest BCUT2D eigenvalue weighted by Gasteiger charge is 2.69. The molecule has 0 spiro atoms. The van der Waals surface area contributed by atoms with E-state index in [1.807, 2.05) is 26.0 Å². The lowest BCUT2D eigenvalue weighted by molar-refractivity contribution is -0.213. The third-order valence-corrected chi connectivity index (χ3v) is 10.9. The molecule has 9 unspecified atom stereocenters. The van der Waals surface area contributed by atoms with Gasteiger partial charge in [-0.25, -0.2) is 0 Å². The van der Waals surface area contributed by atoms with Gasteiger partial charge in [0.05, 0.1) is 11.7 Å². The van der Waals surface area contributed by atoms with Crippen molar-refractivity contribution in [3.8, 4) is 0 Å². The van der Waals surface area contributed by atoms with Gasteiger partial charge in [0.15, 0.2) is 0 Å². The molecule has 0 aromatic rings. The second kappa shape index (κ2) is 9.24. The number of carboxylic acid groups (broad SMARTS) is 1. The number of aliphatic hydroxyl groups is 2. The van der Waals surface area contributed by atoms with E-state index in [9.17, 15) is 20.1 Å². The van der Waals surface area contributed by atoms with Crippen molar-refractivity contribution < 1.29 is 20.1 Å². The summed E-state index contributed by atoms with van der Waals surface area (Å²) < 4.78 is 0. The van der Waals surface area contributed by atoms with E-state index in [4.69, 9.17) is 0 Å². The molecular weight excluding hydrogens is 424 g/mol. The molecule has 0 aromatic heterocycles. The smallest absolute Gasteiger partial charge is 0.303 e. The van der Waals surface area contributed by atoms with E-state index >= 15 is 0 Å². The van der Waals surface area contributed by atoms with Crippen molar-refractivity contribution in [1.82, 2.24) is 0 Å². The van der Waals surface area contributed by atoms with Gasteiger partial charge in [-0.15, -0.1) is 0 Å². The quantitative estimate of drug-likeness (QED) is 0.277. The van der Waals surface area contributed by atoms with Crippen molar-refractivity contribution in [1.29, 1.82) is 0 Å². The van der Waals surface area contributed by atoms with Crippen molar-refractivity contribution in [3.05, 3.63) is 36.5 Å². The van der Waals surface area contributed by atoms with Crippen molar-refractivity contribution in [2.75, 3.05) is 0 Å². The van der Waals surface area contributed by atoms with Crippen molar-refractivity contribution >= 4 is 5.97 Å². The number of carboxylic acids is 1. The van der Waals surface area contributed by atoms with E-state index in [0.717, 1.165) is 36.8 Å². The maximum absolute atomic E-state index is 11.7. The van der Waals surface area contributed by atoms with Gasteiger partial charge in [-0.2, -0.15) is 0 Å². The molecule has 0 saturated heterocycles. The molecule has 0 aromatic carbocycles. The van der Waals surface area contributed by atoms with Gasteiger partial charge in [0.2, 0.25) is 0 Å². The van der Waals surface area contributed by atoms with E-state index in [0.29, 0.717) is 19.3 Å². The first kappa shape index (κ1) is 27.2. The van der Waals surface area contributed by atoms with Crippen molar-refractivity contribution in [2.24, 2.45) is 39.9 Å². The predicted molar refractivity (Wildman–Crippen MR) is 138 cm³/mol. The summed E-state index contributed by atoms with van der Waals surface area (Å²) in [6.07, 6.45) is 9.42. The molecule has 3 rings (SSSR count). The number of carbonyl (C=O) groups is 1. The Kier molecular flexibility index (Phi) is 7.39. The Labute approximate surface area is 207 Å². The van der Waals surface area contributed by atoms with Crippen LogP contribution < -0.4 is 0 Å². The first-order valence-corrected chi connectivity index (χ1v) is 13.2. The van der Waals surface area contributed by atoms with Crippen LogP contribution in [0.15, 0.2) is 36.5 Å². The SMILES string of the molecule is C=C(C)/C=C/CC(C)(O)C1CCC2(C)C1C(O)CC1C(C)(CCC(=O)O)C(C(=C)C)CCC12C. The molecular formula is C30H48O4. The van der Waals surface area contributed by atoms with E-state index in [-0.39, 0.29) is 46.3 Å². The third kappa shape index (κ3) is 4.34. The van der Waals surface area contributed by atoms with E-state index < -0.39 is 17.7 Å². The number of rotatable bonds is 8. The van der Waals surface area contributed by atoms with Crippen LogP contribution in [-0.4, -0.2) is 33.0 Å². The fraction of sp³-hybridized carbons (Fsp3) is 0.767. The van der Waals surface area contributed by atoms with E-state index in [1.165, 1.54) is 0 Å². The molecule has 192 valence electrons. The van der Waals surface area contributed by atoms with E-state index in [2.05, 4.69) is 40.9 Å². The van der Waals surface area contributed by atoms with Crippen LogP contribution in [-0.2, 0) is 4.79 Å². The van der Waals surface area contributed by atoms with Crippen LogP contribution in [0, 0.1) is 39.9 Å². The number of hydrogen-bond donors (Lipinski definition) is 3. The molecule has 0 amide bonds. The first-order chi connectivity index (χ1) is 15.6. The van der Waals surface area contributed by atoms with Gasteiger partial charge < -0.3 is 15.3 Å². The van der Waals surface area contributed by atoms with E-state index in [1.54, 1.807) is 0 Å². The van der Waals surface area contributed by atoms with Crippen LogP contribution in [0.25, 0.3) is 0 Å². The Morgan fingerprint density at radius 2 is 1.74 bits per heavy atom. The molecule has 0 aliphatic heterocycles. The van der Waals surface area contributed by atoms with Gasteiger partial charge in [0.1, 0.15) is 0 Å². The largest absolute Gasteiger partial charge is 0.481 e. The second-order valence-corrected chi connectivity index (χ2v) is 13.0. The van der Waals surface area contributed by atoms with Crippen LogP contribution in [0.5, 0.6) is 0 Å². The summed E-state index contributed by atoms with van der Waals surface area (Å²) in [5.74, 6) is -0.201. The summed E-state index contributed by atoms with van der Waals surface area (Å²) in [5.41, 5.74) is 0.876. The highest BCUT2D eigenvalue weighted by molar-refractivity contribution is 5.66. The minimum absolute atomic E-state index is 0.0194. The standard InChI is InChI=1S/C30H48O4/c1-19(2)10-9-14-30(8,34)22-12-17-29(7)26(22)23(31)18-24-27(5,15-13-25(32)33)21(20(3)4)11-16-28(24,29)6/h9-10,21-24,26,31,34H,1,3,11-18H2,2,4-8H3,(H,32,33)/b10-9+. The molecule has 0 radical (unpaired) electrons. The Balaban J connectivity index is 1.99. The summed E-state index contributed by atoms with van der Waals surface area (Å²) in [6, 6.07) is 0. The Morgan fingerprint density at radius 1 is 1.12 bits per heavy atom. The molecule has 4 heteroatoms. The average molecular weight is 473 g/mol. The molecule has 3 N–H and O–H groups in total. The van der Waals surface area contributed by atoms with Crippen LogP contribution in [0.3, 0.4) is 0 Å². The highest BCUT2D eigenvalue weighted by atomic mass is 16.4. The summed E-state index contributed by atoms with van der Waals surface area (Å²) in [5, 5.41) is 32.8. The van der Waals surface area contributed by atoms with Gasteiger partial charge in [-0.05, 0) is 106 Å². The Bertz CT molecular complexity index is 856. The molecule has 34 heavy (non-hydrogen) atoms. The lowest BCUT2D eigenvalue weighted by Gasteiger charge is -2.67.